The van der Waals surface area contributed by atoms with Crippen LogP contribution in [0.2, 0.25) is 0 Å². The number of carbonyl (C=O) groups is 2. The van der Waals surface area contributed by atoms with E-state index in [1.165, 1.54) is 0 Å². The lowest BCUT2D eigenvalue weighted by molar-refractivity contribution is 0.0950. The highest BCUT2D eigenvalue weighted by atomic mass is 79.9. The van der Waals surface area contributed by atoms with Crippen molar-refractivity contribution in [2.24, 2.45) is 5.92 Å². The minimum atomic E-state index is -0.383. The van der Waals surface area contributed by atoms with E-state index in [0.717, 1.165) is 17.3 Å². The molecule has 0 spiro atoms. The summed E-state index contributed by atoms with van der Waals surface area (Å²) in [4.78, 5) is 25.0. The van der Waals surface area contributed by atoms with Crippen LogP contribution in [0.25, 0.3) is 0 Å². The predicted molar refractivity (Wildman–Crippen MR) is 132 cm³/mol. The molecular weight excluding hydrogens is 478 g/mol. The lowest BCUT2D eigenvalue weighted by atomic mass is 10.1. The molecule has 0 aliphatic rings. The van der Waals surface area contributed by atoms with Crippen molar-refractivity contribution in [3.63, 3.8) is 0 Å². The van der Waals surface area contributed by atoms with Crippen molar-refractivity contribution in [3.05, 3.63) is 58.1 Å². The maximum atomic E-state index is 12.8. The van der Waals surface area contributed by atoms with Gasteiger partial charge in [0.1, 0.15) is 5.75 Å². The molecule has 0 saturated heterocycles. The molecule has 0 aromatic heterocycles. The number of amides is 2. The van der Waals surface area contributed by atoms with Gasteiger partial charge in [-0.25, -0.2) is 0 Å². The summed E-state index contributed by atoms with van der Waals surface area (Å²) >= 11 is 8.68. The Bertz CT molecular complexity index is 934. The molecule has 0 aliphatic heterocycles. The fourth-order valence-corrected chi connectivity index (χ4v) is 3.19. The van der Waals surface area contributed by atoms with E-state index in [4.69, 9.17) is 17.0 Å². The van der Waals surface area contributed by atoms with Crippen molar-refractivity contribution in [1.82, 2.24) is 10.6 Å². The lowest BCUT2D eigenvalue weighted by Gasteiger charge is -2.15. The molecule has 31 heavy (non-hydrogen) atoms. The Balaban J connectivity index is 2.03. The van der Waals surface area contributed by atoms with Gasteiger partial charge < -0.3 is 15.4 Å². The van der Waals surface area contributed by atoms with E-state index in [0.29, 0.717) is 41.6 Å². The summed E-state index contributed by atoms with van der Waals surface area (Å²) in [5.41, 5.74) is 1.51. The molecule has 6 nitrogen and oxygen atoms in total. The van der Waals surface area contributed by atoms with Crippen LogP contribution in [0, 0.1) is 5.92 Å². The number of ether oxygens (including phenoxy) is 1. The maximum Gasteiger partial charge on any atom is 0.261 e. The fourth-order valence-electron chi connectivity index (χ4n) is 2.61. The minimum Gasteiger partial charge on any atom is -0.492 e. The molecule has 2 amide bonds. The molecule has 0 aliphatic carbocycles. The zero-order chi connectivity index (χ0) is 22.8. The molecule has 0 heterocycles. The molecule has 0 bridgehead atoms. The van der Waals surface area contributed by atoms with Crippen molar-refractivity contribution in [1.29, 1.82) is 0 Å². The number of halogens is 1. The van der Waals surface area contributed by atoms with Gasteiger partial charge in [0.05, 0.1) is 12.2 Å². The van der Waals surface area contributed by atoms with E-state index in [2.05, 4.69) is 38.8 Å². The van der Waals surface area contributed by atoms with Crippen LogP contribution in [0.15, 0.2) is 46.9 Å². The van der Waals surface area contributed by atoms with Gasteiger partial charge in [-0.3, -0.25) is 14.9 Å². The van der Waals surface area contributed by atoms with Gasteiger partial charge in [0.15, 0.2) is 5.11 Å². The van der Waals surface area contributed by atoms with E-state index in [9.17, 15) is 9.59 Å². The first kappa shape index (κ1) is 24.8. The number of thiocarbonyl (C=S) groups is 1. The largest absolute Gasteiger partial charge is 0.492 e. The highest BCUT2D eigenvalue weighted by Crippen LogP contribution is 2.24. The molecule has 166 valence electrons. The molecule has 0 fully saturated rings. The molecule has 2 aromatic rings. The van der Waals surface area contributed by atoms with Gasteiger partial charge in [-0.15, -0.1) is 0 Å². The highest BCUT2D eigenvalue weighted by molar-refractivity contribution is 9.10. The van der Waals surface area contributed by atoms with Crippen molar-refractivity contribution in [3.8, 4) is 5.75 Å². The molecule has 8 heteroatoms. The summed E-state index contributed by atoms with van der Waals surface area (Å²) in [5, 5.41) is 8.63. The van der Waals surface area contributed by atoms with Crippen LogP contribution < -0.4 is 20.7 Å². The molecule has 3 N–H and O–H groups in total. The van der Waals surface area contributed by atoms with Gasteiger partial charge in [0.2, 0.25) is 0 Å². The average molecular weight is 506 g/mol. The quantitative estimate of drug-likeness (QED) is 0.324. The smallest absolute Gasteiger partial charge is 0.261 e. The summed E-state index contributed by atoms with van der Waals surface area (Å²) in [6.07, 6.45) is 1.94. The number of rotatable bonds is 9. The Labute approximate surface area is 197 Å². The Kier molecular flexibility index (Phi) is 9.94. The topological polar surface area (TPSA) is 79.5 Å². The van der Waals surface area contributed by atoms with Crippen LogP contribution >= 0.6 is 28.1 Å². The van der Waals surface area contributed by atoms with Crippen molar-refractivity contribution < 1.29 is 14.3 Å². The molecule has 2 aromatic carbocycles. The van der Waals surface area contributed by atoms with Crippen LogP contribution in [0.4, 0.5) is 5.69 Å². The molecular formula is C23H28BrN3O3S. The van der Waals surface area contributed by atoms with Crippen LogP contribution in [0.3, 0.4) is 0 Å². The summed E-state index contributed by atoms with van der Waals surface area (Å²) in [6, 6.07) is 12.2. The van der Waals surface area contributed by atoms with Crippen molar-refractivity contribution >= 4 is 50.8 Å². The number of anilines is 1. The van der Waals surface area contributed by atoms with Crippen LogP contribution in [0.1, 0.15) is 54.3 Å². The molecule has 0 radical (unpaired) electrons. The third kappa shape index (κ3) is 8.30. The van der Waals surface area contributed by atoms with Gasteiger partial charge in [0, 0.05) is 22.3 Å². The second-order valence-electron chi connectivity index (χ2n) is 7.44. The van der Waals surface area contributed by atoms with Crippen molar-refractivity contribution in [2.75, 3.05) is 18.5 Å². The zero-order valence-corrected chi connectivity index (χ0v) is 20.4. The third-order valence-electron chi connectivity index (χ3n) is 4.18. The monoisotopic (exact) mass is 505 g/mol. The standard InChI is InChI=1S/C23H28BrN3O3S/c1-4-5-11-25-21(28)16-7-6-8-18(12-16)26-23(31)27-22(29)19-13-17(24)9-10-20(19)30-14-15(2)3/h6-10,12-13,15H,4-5,11,14H2,1-3H3,(H,25,28)(H2,26,27,29,31). The van der Waals surface area contributed by atoms with Gasteiger partial charge in [-0.1, -0.05) is 49.2 Å². The second-order valence-corrected chi connectivity index (χ2v) is 8.77. The minimum absolute atomic E-state index is 0.128. The fraction of sp³-hybridized carbons (Fsp3) is 0.348. The molecule has 0 atom stereocenters. The number of hydrogen-bond acceptors (Lipinski definition) is 4. The first-order chi connectivity index (χ1) is 14.8. The Hall–Kier alpha value is -2.45. The van der Waals surface area contributed by atoms with E-state index in [1.807, 2.05) is 19.9 Å². The molecule has 0 unspecified atom stereocenters. The maximum absolute atomic E-state index is 12.8. The number of hydrogen-bond donors (Lipinski definition) is 3. The Morgan fingerprint density at radius 2 is 1.90 bits per heavy atom. The Morgan fingerprint density at radius 1 is 1.13 bits per heavy atom. The van der Waals surface area contributed by atoms with Gasteiger partial charge >= 0.3 is 0 Å². The van der Waals surface area contributed by atoms with Gasteiger partial charge in [0.25, 0.3) is 11.8 Å². The summed E-state index contributed by atoms with van der Waals surface area (Å²) < 4.78 is 6.53. The summed E-state index contributed by atoms with van der Waals surface area (Å²) in [5.74, 6) is 0.288. The second kappa shape index (κ2) is 12.4. The van der Waals surface area contributed by atoms with Crippen LogP contribution in [-0.2, 0) is 0 Å². The van der Waals surface area contributed by atoms with Gasteiger partial charge in [-0.05, 0) is 61.0 Å². The first-order valence-electron chi connectivity index (χ1n) is 10.2. The highest BCUT2D eigenvalue weighted by Gasteiger charge is 2.16. The first-order valence-corrected chi connectivity index (χ1v) is 11.4. The normalized spacial score (nSPS) is 10.5. The number of nitrogens with one attached hydrogen (secondary N) is 3. The van der Waals surface area contributed by atoms with Crippen LogP contribution in [0.5, 0.6) is 5.75 Å². The number of carbonyl (C=O) groups excluding carboxylic acids is 2. The van der Waals surface area contributed by atoms with Crippen molar-refractivity contribution in [2.45, 2.75) is 33.6 Å². The summed E-state index contributed by atoms with van der Waals surface area (Å²) in [7, 11) is 0. The lowest BCUT2D eigenvalue weighted by Crippen LogP contribution is -2.34. The van der Waals surface area contributed by atoms with Gasteiger partial charge in [-0.2, -0.15) is 0 Å². The van der Waals surface area contributed by atoms with E-state index < -0.39 is 0 Å². The van der Waals surface area contributed by atoms with Crippen LogP contribution in [-0.4, -0.2) is 30.1 Å². The molecule has 0 saturated carbocycles. The predicted octanol–water partition coefficient (Wildman–Crippen LogP) is 5.14. The van der Waals surface area contributed by atoms with E-state index in [1.54, 1.807) is 36.4 Å². The third-order valence-corrected chi connectivity index (χ3v) is 4.88. The number of benzene rings is 2. The zero-order valence-electron chi connectivity index (χ0n) is 18.0. The summed E-state index contributed by atoms with van der Waals surface area (Å²) in [6.45, 7) is 7.28. The number of unbranched alkanes of at least 4 members (excludes halogenated alkanes) is 1. The van der Waals surface area contributed by atoms with E-state index in [-0.39, 0.29) is 16.9 Å². The average Bonchev–Trinajstić information content (AvgIpc) is 2.72. The Morgan fingerprint density at radius 3 is 2.61 bits per heavy atom. The SMILES string of the molecule is CCCCNC(=O)c1cccc(NC(=S)NC(=O)c2cc(Br)ccc2OCC(C)C)c1. The molecule has 2 rings (SSSR count). The van der Waals surface area contributed by atoms with E-state index >= 15 is 0 Å².